The Balaban J connectivity index is 1.71. The van der Waals surface area contributed by atoms with Crippen LogP contribution in [0.5, 0.6) is 0 Å². The molecule has 2 aromatic heterocycles. The Morgan fingerprint density at radius 2 is 1.78 bits per heavy atom. The third-order valence-corrected chi connectivity index (χ3v) is 7.34. The van der Waals surface area contributed by atoms with Gasteiger partial charge < -0.3 is 0 Å². The lowest BCUT2D eigenvalue weighted by atomic mass is 10.2. The van der Waals surface area contributed by atoms with Gasteiger partial charge in [-0.1, -0.05) is 23.7 Å². The fraction of sp³-hybridized carbons (Fsp3) is 0.143. The highest BCUT2D eigenvalue weighted by Crippen LogP contribution is 2.28. The second-order valence-electron chi connectivity index (χ2n) is 7.57. The van der Waals surface area contributed by atoms with Crippen LogP contribution >= 0.6 is 23.1 Å². The van der Waals surface area contributed by atoms with Crippen LogP contribution in [0.3, 0.4) is 0 Å². The van der Waals surface area contributed by atoms with Crippen molar-refractivity contribution in [1.29, 1.82) is 0 Å². The Morgan fingerprint density at radius 3 is 2.42 bits per heavy atom. The summed E-state index contributed by atoms with van der Waals surface area (Å²) in [6.45, 7) is 0. The monoisotopic (exact) mass is 558 g/mol. The third kappa shape index (κ3) is 5.05. The van der Waals surface area contributed by atoms with Gasteiger partial charge in [-0.25, -0.2) is 22.5 Å². The number of alkyl halides is 3. The molecule has 0 saturated carbocycles. The van der Waals surface area contributed by atoms with E-state index in [1.54, 1.807) is 0 Å². The Labute approximate surface area is 209 Å². The number of nitrogens with zero attached hydrogens (tertiary/aromatic N) is 3. The number of halogens is 4. The molecule has 0 aliphatic rings. The van der Waals surface area contributed by atoms with Crippen molar-refractivity contribution in [1.82, 2.24) is 18.2 Å². The maximum atomic E-state index is 13.1. The summed E-state index contributed by atoms with van der Waals surface area (Å²) in [5.41, 5.74) is -3.95. The van der Waals surface area contributed by atoms with Gasteiger partial charge in [0.25, 0.3) is 11.5 Å². The first-order chi connectivity index (χ1) is 16.8. The van der Waals surface area contributed by atoms with Crippen molar-refractivity contribution in [3.8, 4) is 5.69 Å². The van der Waals surface area contributed by atoms with Gasteiger partial charge in [0.15, 0.2) is 5.69 Å². The summed E-state index contributed by atoms with van der Waals surface area (Å²) in [6.07, 6.45) is -4.92. The van der Waals surface area contributed by atoms with Crippen molar-refractivity contribution in [2.24, 2.45) is 7.05 Å². The molecule has 0 saturated heterocycles. The lowest BCUT2D eigenvalue weighted by Gasteiger charge is -2.14. The van der Waals surface area contributed by atoms with Crippen LogP contribution in [0.1, 0.15) is 21.7 Å². The molecule has 0 bridgehead atoms. The van der Waals surface area contributed by atoms with E-state index in [0.717, 1.165) is 18.6 Å². The zero-order chi connectivity index (χ0) is 26.4. The first kappa shape index (κ1) is 25.6. The first-order valence-corrected chi connectivity index (χ1v) is 12.7. The maximum Gasteiger partial charge on any atom is 0.431 e. The van der Waals surface area contributed by atoms with Gasteiger partial charge in [-0.05, 0) is 47.4 Å². The lowest BCUT2D eigenvalue weighted by Crippen LogP contribution is -2.40. The summed E-state index contributed by atoms with van der Waals surface area (Å²) in [7, 11) is -3.26. The summed E-state index contributed by atoms with van der Waals surface area (Å²) >= 11 is 6.64. The van der Waals surface area contributed by atoms with Crippen LogP contribution < -0.4 is 16.0 Å². The van der Waals surface area contributed by atoms with Gasteiger partial charge in [-0.2, -0.15) is 17.5 Å². The zero-order valence-corrected chi connectivity index (χ0v) is 20.4. The van der Waals surface area contributed by atoms with Crippen LogP contribution in [0, 0.1) is 0 Å². The summed E-state index contributed by atoms with van der Waals surface area (Å²) in [6, 6.07) is 10.2. The second kappa shape index (κ2) is 9.19. The molecule has 2 aromatic carbocycles. The van der Waals surface area contributed by atoms with E-state index in [9.17, 15) is 36.0 Å². The van der Waals surface area contributed by atoms with Crippen LogP contribution in [0.15, 0.2) is 58.1 Å². The van der Waals surface area contributed by atoms with Crippen LogP contribution in [0.25, 0.3) is 15.8 Å². The molecule has 0 aliphatic heterocycles. The quantitative estimate of drug-likeness (QED) is 0.402. The number of hydrogen-bond acceptors (Lipinski definition) is 7. The standard InChI is InChI=1S/C21H14ClF3N4O5S2/c1-28-16(21(23,24)25)9-17(30)29(20(28)32)13-6-7-15-14(8-13)18(26-35-15)19(31)27-36(33,34)10-11-2-4-12(22)5-3-11/h2-9H,10H2,1H3,(H,27,31). The van der Waals surface area contributed by atoms with E-state index in [4.69, 9.17) is 11.6 Å². The number of amides is 1. The first-order valence-electron chi connectivity index (χ1n) is 9.86. The Kier molecular flexibility index (Phi) is 6.53. The van der Waals surface area contributed by atoms with Gasteiger partial charge >= 0.3 is 11.9 Å². The molecule has 9 nitrogen and oxygen atoms in total. The molecule has 4 aromatic rings. The summed E-state index contributed by atoms with van der Waals surface area (Å²) in [4.78, 5) is 37.7. The molecule has 0 unspecified atom stereocenters. The van der Waals surface area contributed by atoms with Gasteiger partial charge in [0.2, 0.25) is 10.0 Å². The zero-order valence-electron chi connectivity index (χ0n) is 18.0. The topological polar surface area (TPSA) is 120 Å². The molecule has 1 amide bonds. The van der Waals surface area contributed by atoms with Crippen LogP contribution in [-0.4, -0.2) is 27.8 Å². The van der Waals surface area contributed by atoms with E-state index in [1.807, 2.05) is 4.72 Å². The highest BCUT2D eigenvalue weighted by molar-refractivity contribution is 7.89. The van der Waals surface area contributed by atoms with Crippen molar-refractivity contribution in [2.75, 3.05) is 0 Å². The molecule has 0 spiro atoms. The predicted molar refractivity (Wildman–Crippen MR) is 127 cm³/mol. The van der Waals surface area contributed by atoms with Gasteiger partial charge in [0, 0.05) is 23.5 Å². The van der Waals surface area contributed by atoms with Crippen LogP contribution in [-0.2, 0) is 29.0 Å². The average molecular weight is 559 g/mol. The molecule has 0 fully saturated rings. The highest BCUT2D eigenvalue weighted by Gasteiger charge is 2.35. The molecule has 1 N–H and O–H groups in total. The normalized spacial score (nSPS) is 12.1. The molecule has 4 rings (SSSR count). The van der Waals surface area contributed by atoms with Gasteiger partial charge in [0.05, 0.1) is 16.1 Å². The third-order valence-electron chi connectivity index (χ3n) is 5.06. The van der Waals surface area contributed by atoms with Crippen LogP contribution in [0.4, 0.5) is 13.2 Å². The Bertz CT molecular complexity index is 1730. The summed E-state index contributed by atoms with van der Waals surface area (Å²) in [5.74, 6) is -1.57. The molecule has 15 heteroatoms. The number of fused-ring (bicyclic) bond motifs is 1. The second-order valence-corrected chi connectivity index (χ2v) is 10.5. The number of carbonyl (C=O) groups excluding carboxylic acids is 1. The van der Waals surface area contributed by atoms with E-state index < -0.39 is 44.8 Å². The summed E-state index contributed by atoms with van der Waals surface area (Å²) < 4.78 is 71.4. The van der Waals surface area contributed by atoms with E-state index in [0.29, 0.717) is 19.9 Å². The van der Waals surface area contributed by atoms with Crippen molar-refractivity contribution in [3.63, 3.8) is 0 Å². The van der Waals surface area contributed by atoms with Crippen LogP contribution in [0.2, 0.25) is 5.02 Å². The Hall–Kier alpha value is -3.49. The number of hydrogen-bond donors (Lipinski definition) is 1. The van der Waals surface area contributed by atoms with Gasteiger partial charge in [-0.15, -0.1) is 0 Å². The fourth-order valence-electron chi connectivity index (χ4n) is 3.39. The molecular weight excluding hydrogens is 545 g/mol. The van der Waals surface area contributed by atoms with Crippen molar-refractivity contribution in [2.45, 2.75) is 11.9 Å². The lowest BCUT2D eigenvalue weighted by molar-refractivity contribution is -0.144. The Morgan fingerprint density at radius 1 is 1.11 bits per heavy atom. The average Bonchev–Trinajstić information content (AvgIpc) is 3.20. The summed E-state index contributed by atoms with van der Waals surface area (Å²) in [5, 5.41) is 0.512. The smallest absolute Gasteiger partial charge is 0.292 e. The predicted octanol–water partition coefficient (Wildman–Crippen LogP) is 3.08. The van der Waals surface area contributed by atoms with E-state index in [2.05, 4.69) is 4.37 Å². The van der Waals surface area contributed by atoms with Crippen molar-refractivity contribution >= 4 is 49.2 Å². The van der Waals surface area contributed by atoms with E-state index in [-0.39, 0.29) is 27.4 Å². The number of rotatable bonds is 5. The minimum absolute atomic E-state index is 0.102. The number of sulfonamides is 1. The number of benzene rings is 2. The minimum atomic E-state index is -4.92. The highest BCUT2D eigenvalue weighted by atomic mass is 35.5. The largest absolute Gasteiger partial charge is 0.431 e. The van der Waals surface area contributed by atoms with E-state index in [1.165, 1.54) is 42.5 Å². The number of nitrogens with one attached hydrogen (secondary N) is 1. The molecular formula is C21H14ClF3N4O5S2. The molecule has 0 aliphatic carbocycles. The SMILES string of the molecule is Cn1c(C(F)(F)F)cc(=O)n(-c2ccc3snc(C(=O)NS(=O)(=O)Cc4ccc(Cl)cc4)c3c2)c1=O. The van der Waals surface area contributed by atoms with E-state index >= 15 is 0 Å². The molecule has 36 heavy (non-hydrogen) atoms. The maximum absolute atomic E-state index is 13.1. The minimum Gasteiger partial charge on any atom is -0.292 e. The number of aromatic nitrogens is 3. The molecule has 0 radical (unpaired) electrons. The fourth-order valence-corrected chi connectivity index (χ4v) is 5.35. The van der Waals surface area contributed by atoms with Crippen molar-refractivity contribution in [3.05, 3.63) is 91.3 Å². The van der Waals surface area contributed by atoms with Gasteiger partial charge in [-0.3, -0.25) is 14.2 Å². The molecule has 2 heterocycles. The molecule has 188 valence electrons. The van der Waals surface area contributed by atoms with Crippen molar-refractivity contribution < 1.29 is 26.4 Å². The number of carbonyl (C=O) groups is 1. The van der Waals surface area contributed by atoms with Gasteiger partial charge in [0.1, 0.15) is 5.69 Å². The molecule has 0 atom stereocenters.